The molecule has 0 fully saturated rings. The van der Waals surface area contributed by atoms with E-state index in [4.69, 9.17) is 9.84 Å². The van der Waals surface area contributed by atoms with Gasteiger partial charge in [-0.25, -0.2) is 0 Å². The quantitative estimate of drug-likeness (QED) is 0.617. The van der Waals surface area contributed by atoms with Gasteiger partial charge >= 0.3 is 0 Å². The minimum atomic E-state index is -0.0638. The van der Waals surface area contributed by atoms with Gasteiger partial charge in [-0.15, -0.1) is 0 Å². The van der Waals surface area contributed by atoms with Crippen LogP contribution in [0.2, 0.25) is 0 Å². The van der Waals surface area contributed by atoms with Gasteiger partial charge in [-0.1, -0.05) is 19.1 Å². The largest absolute Gasteiger partial charge is 0.392 e. The van der Waals surface area contributed by atoms with Crippen LogP contribution in [-0.4, -0.2) is 24.4 Å². The molecule has 0 heterocycles. The Morgan fingerprint density at radius 3 is 2.45 bits per heavy atom. The summed E-state index contributed by atoms with van der Waals surface area (Å²) in [5.41, 5.74) is -0.0638. The molecule has 0 rings (SSSR count). The number of aliphatic hydroxyl groups excluding tert-OH is 1. The van der Waals surface area contributed by atoms with Gasteiger partial charge in [0.2, 0.25) is 0 Å². The molecule has 1 atom stereocenters. The van der Waals surface area contributed by atoms with Crippen molar-refractivity contribution >= 4 is 0 Å². The standard InChI is InChI=1S/C9H18O2/c1-4-9(2,11-3)7-5-6-8-10/h5-6,10H,4,7-8H2,1-3H3/b6-5+. The summed E-state index contributed by atoms with van der Waals surface area (Å²) in [6.45, 7) is 4.27. The maximum absolute atomic E-state index is 8.48. The lowest BCUT2D eigenvalue weighted by atomic mass is 9.99. The Bertz CT molecular complexity index is 115. The van der Waals surface area contributed by atoms with Crippen LogP contribution in [0.4, 0.5) is 0 Å². The molecular formula is C9H18O2. The van der Waals surface area contributed by atoms with Crippen molar-refractivity contribution in [1.82, 2.24) is 0 Å². The van der Waals surface area contributed by atoms with Crippen molar-refractivity contribution in [3.05, 3.63) is 12.2 Å². The van der Waals surface area contributed by atoms with Gasteiger partial charge in [-0.2, -0.15) is 0 Å². The van der Waals surface area contributed by atoms with Crippen molar-refractivity contribution in [2.75, 3.05) is 13.7 Å². The lowest BCUT2D eigenvalue weighted by molar-refractivity contribution is 0.00545. The molecule has 0 aliphatic carbocycles. The van der Waals surface area contributed by atoms with Gasteiger partial charge in [0.25, 0.3) is 0 Å². The summed E-state index contributed by atoms with van der Waals surface area (Å²) in [7, 11) is 1.72. The Hall–Kier alpha value is -0.340. The van der Waals surface area contributed by atoms with Gasteiger partial charge in [0.15, 0.2) is 0 Å². The van der Waals surface area contributed by atoms with Crippen molar-refractivity contribution < 1.29 is 9.84 Å². The van der Waals surface area contributed by atoms with E-state index in [1.54, 1.807) is 13.2 Å². The van der Waals surface area contributed by atoms with E-state index in [1.807, 2.05) is 6.08 Å². The van der Waals surface area contributed by atoms with Crippen LogP contribution in [0, 0.1) is 0 Å². The molecule has 1 N–H and O–H groups in total. The third-order valence-electron chi connectivity index (χ3n) is 2.06. The number of hydrogen-bond acceptors (Lipinski definition) is 2. The molecule has 66 valence electrons. The zero-order valence-corrected chi connectivity index (χ0v) is 7.63. The van der Waals surface area contributed by atoms with E-state index >= 15 is 0 Å². The first-order valence-electron chi connectivity index (χ1n) is 3.99. The SMILES string of the molecule is CCC(C)(C/C=C/CO)OC. The van der Waals surface area contributed by atoms with Crippen LogP contribution in [-0.2, 0) is 4.74 Å². The second-order valence-electron chi connectivity index (χ2n) is 2.87. The van der Waals surface area contributed by atoms with E-state index in [2.05, 4.69) is 13.8 Å². The summed E-state index contributed by atoms with van der Waals surface area (Å²) in [6, 6.07) is 0. The highest BCUT2D eigenvalue weighted by atomic mass is 16.5. The second kappa shape index (κ2) is 5.33. The number of methoxy groups -OCH3 is 1. The zero-order chi connectivity index (χ0) is 8.74. The van der Waals surface area contributed by atoms with Crippen LogP contribution in [0.3, 0.4) is 0 Å². The molecule has 0 amide bonds. The topological polar surface area (TPSA) is 29.5 Å². The third-order valence-corrected chi connectivity index (χ3v) is 2.06. The smallest absolute Gasteiger partial charge is 0.0682 e. The molecule has 0 aromatic carbocycles. The molecule has 0 aromatic heterocycles. The molecule has 0 aliphatic rings. The van der Waals surface area contributed by atoms with E-state index in [1.165, 1.54) is 0 Å². The van der Waals surface area contributed by atoms with E-state index in [0.29, 0.717) is 0 Å². The van der Waals surface area contributed by atoms with Crippen molar-refractivity contribution in [3.63, 3.8) is 0 Å². The minimum absolute atomic E-state index is 0.0638. The van der Waals surface area contributed by atoms with Crippen LogP contribution in [0.5, 0.6) is 0 Å². The molecule has 0 saturated carbocycles. The first kappa shape index (κ1) is 10.7. The minimum Gasteiger partial charge on any atom is -0.392 e. The van der Waals surface area contributed by atoms with Gasteiger partial charge in [0.1, 0.15) is 0 Å². The average molecular weight is 158 g/mol. The summed E-state index contributed by atoms with van der Waals surface area (Å²) in [6.07, 6.45) is 5.54. The molecule has 0 aliphatic heterocycles. The van der Waals surface area contributed by atoms with Crippen molar-refractivity contribution in [2.45, 2.75) is 32.3 Å². The molecule has 11 heavy (non-hydrogen) atoms. The average Bonchev–Trinajstić information content (AvgIpc) is 2.05. The summed E-state index contributed by atoms with van der Waals surface area (Å²) >= 11 is 0. The zero-order valence-electron chi connectivity index (χ0n) is 7.63. The molecule has 0 spiro atoms. The Morgan fingerprint density at radius 1 is 1.45 bits per heavy atom. The van der Waals surface area contributed by atoms with E-state index in [-0.39, 0.29) is 12.2 Å². The lowest BCUT2D eigenvalue weighted by Crippen LogP contribution is -2.24. The molecular weight excluding hydrogens is 140 g/mol. The Kier molecular flexibility index (Phi) is 5.16. The predicted octanol–water partition coefficient (Wildman–Crippen LogP) is 1.74. The van der Waals surface area contributed by atoms with E-state index in [0.717, 1.165) is 12.8 Å². The van der Waals surface area contributed by atoms with Crippen LogP contribution >= 0.6 is 0 Å². The van der Waals surface area contributed by atoms with Crippen LogP contribution < -0.4 is 0 Å². The van der Waals surface area contributed by atoms with Crippen molar-refractivity contribution in [2.24, 2.45) is 0 Å². The van der Waals surface area contributed by atoms with Crippen LogP contribution in [0.15, 0.2) is 12.2 Å². The maximum atomic E-state index is 8.48. The molecule has 2 nitrogen and oxygen atoms in total. The highest BCUT2D eigenvalue weighted by Crippen LogP contribution is 2.18. The first-order valence-corrected chi connectivity index (χ1v) is 3.99. The van der Waals surface area contributed by atoms with Crippen LogP contribution in [0.1, 0.15) is 26.7 Å². The van der Waals surface area contributed by atoms with E-state index in [9.17, 15) is 0 Å². The second-order valence-corrected chi connectivity index (χ2v) is 2.87. The number of aliphatic hydroxyl groups is 1. The number of ether oxygens (including phenoxy) is 1. The first-order chi connectivity index (χ1) is 5.18. The summed E-state index contributed by atoms with van der Waals surface area (Å²) in [5, 5.41) is 8.48. The monoisotopic (exact) mass is 158 g/mol. The highest BCUT2D eigenvalue weighted by molar-refractivity contribution is 4.89. The fourth-order valence-electron chi connectivity index (χ4n) is 0.779. The molecule has 0 saturated heterocycles. The van der Waals surface area contributed by atoms with Gasteiger partial charge in [-0.05, 0) is 19.8 Å². The summed E-state index contributed by atoms with van der Waals surface area (Å²) in [4.78, 5) is 0. The van der Waals surface area contributed by atoms with Gasteiger partial charge in [0, 0.05) is 7.11 Å². The molecule has 0 aromatic rings. The molecule has 1 unspecified atom stereocenters. The summed E-state index contributed by atoms with van der Waals surface area (Å²) < 4.78 is 5.30. The van der Waals surface area contributed by atoms with Gasteiger partial charge in [-0.3, -0.25) is 0 Å². The molecule has 0 bridgehead atoms. The van der Waals surface area contributed by atoms with Crippen molar-refractivity contribution in [3.8, 4) is 0 Å². The molecule has 2 heteroatoms. The fraction of sp³-hybridized carbons (Fsp3) is 0.778. The highest BCUT2D eigenvalue weighted by Gasteiger charge is 2.18. The Labute approximate surface area is 68.9 Å². The fourth-order valence-corrected chi connectivity index (χ4v) is 0.779. The van der Waals surface area contributed by atoms with Gasteiger partial charge < -0.3 is 9.84 Å². The Morgan fingerprint density at radius 2 is 2.09 bits per heavy atom. The lowest BCUT2D eigenvalue weighted by Gasteiger charge is -2.24. The summed E-state index contributed by atoms with van der Waals surface area (Å²) in [5.74, 6) is 0. The Balaban J connectivity index is 3.77. The number of rotatable bonds is 5. The third kappa shape index (κ3) is 4.17. The number of hydrogen-bond donors (Lipinski definition) is 1. The maximum Gasteiger partial charge on any atom is 0.0682 e. The normalized spacial score (nSPS) is 17.1. The predicted molar refractivity (Wildman–Crippen MR) is 46.5 cm³/mol. The van der Waals surface area contributed by atoms with Crippen molar-refractivity contribution in [1.29, 1.82) is 0 Å². The molecule has 0 radical (unpaired) electrons. The van der Waals surface area contributed by atoms with Gasteiger partial charge in [0.05, 0.1) is 12.2 Å². The van der Waals surface area contributed by atoms with Crippen LogP contribution in [0.25, 0.3) is 0 Å². The van der Waals surface area contributed by atoms with E-state index < -0.39 is 0 Å².